The van der Waals surface area contributed by atoms with Crippen LogP contribution < -0.4 is 5.32 Å². The monoisotopic (exact) mass is 308 g/mol. The Balaban J connectivity index is 0.00000161. The number of carbonyl (C=O) groups is 1. The second-order valence-electron chi connectivity index (χ2n) is 6.42. The molecule has 2 fully saturated rings. The van der Waals surface area contributed by atoms with Crippen molar-refractivity contribution in [1.82, 2.24) is 10.2 Å². The number of benzene rings is 1. The summed E-state index contributed by atoms with van der Waals surface area (Å²) in [4.78, 5) is 14.7. The molecule has 0 spiro atoms. The minimum absolute atomic E-state index is 0. The first-order valence-corrected chi connectivity index (χ1v) is 7.72. The van der Waals surface area contributed by atoms with Gasteiger partial charge in [0.15, 0.2) is 0 Å². The van der Waals surface area contributed by atoms with E-state index in [1.54, 1.807) is 0 Å². The lowest BCUT2D eigenvalue weighted by Gasteiger charge is -2.21. The van der Waals surface area contributed by atoms with Gasteiger partial charge in [-0.3, -0.25) is 4.79 Å². The smallest absolute Gasteiger partial charge is 0.253 e. The number of carbonyl (C=O) groups excluding carboxylic acids is 1. The van der Waals surface area contributed by atoms with Gasteiger partial charge in [-0.25, -0.2) is 0 Å². The number of halogens is 1. The third-order valence-electron chi connectivity index (χ3n) is 4.78. The molecule has 116 valence electrons. The molecular formula is C17H25ClN2O. The Bertz CT molecular complexity index is 483. The molecule has 2 saturated heterocycles. The topological polar surface area (TPSA) is 32.3 Å². The molecule has 1 N–H and O–H groups in total. The van der Waals surface area contributed by atoms with E-state index in [1.807, 2.05) is 12.1 Å². The van der Waals surface area contributed by atoms with E-state index >= 15 is 0 Å². The molecule has 2 heterocycles. The third kappa shape index (κ3) is 3.58. The van der Waals surface area contributed by atoms with Crippen LogP contribution in [0.4, 0.5) is 0 Å². The number of nitrogens with one attached hydrogen (secondary N) is 1. The maximum Gasteiger partial charge on any atom is 0.253 e. The summed E-state index contributed by atoms with van der Waals surface area (Å²) in [7, 11) is 0. The Kier molecular flexibility index (Phi) is 5.28. The average Bonchev–Trinajstić information content (AvgIpc) is 2.76. The first-order valence-electron chi connectivity index (χ1n) is 7.72. The number of aryl methyl sites for hydroxylation is 2. The Morgan fingerprint density at radius 3 is 2.10 bits per heavy atom. The van der Waals surface area contributed by atoms with Crippen LogP contribution in [0.2, 0.25) is 0 Å². The molecule has 0 saturated carbocycles. The van der Waals surface area contributed by atoms with Crippen molar-refractivity contribution in [3.8, 4) is 0 Å². The van der Waals surface area contributed by atoms with E-state index in [2.05, 4.69) is 30.1 Å². The molecule has 0 unspecified atom stereocenters. The van der Waals surface area contributed by atoms with Crippen molar-refractivity contribution in [1.29, 1.82) is 0 Å². The van der Waals surface area contributed by atoms with Crippen LogP contribution in [-0.2, 0) is 0 Å². The number of rotatable bonds is 1. The standard InChI is InChI=1S/C17H24N2O.ClH/c1-12-7-13(2)9-16(8-12)17(20)19-5-3-14-10-18-11-15(14)4-6-19;/h7-9,14-15,18H,3-6,10-11H2,1-2H3;1H/t14-,15+;. The molecule has 1 aromatic rings. The lowest BCUT2D eigenvalue weighted by molar-refractivity contribution is 0.0758. The zero-order chi connectivity index (χ0) is 14.1. The van der Waals surface area contributed by atoms with Crippen molar-refractivity contribution in [3.05, 3.63) is 34.9 Å². The molecule has 2 aliphatic rings. The van der Waals surface area contributed by atoms with Gasteiger partial charge in [-0.1, -0.05) is 17.2 Å². The molecule has 1 aromatic carbocycles. The fourth-order valence-electron chi connectivity index (χ4n) is 3.70. The summed E-state index contributed by atoms with van der Waals surface area (Å²) < 4.78 is 0. The summed E-state index contributed by atoms with van der Waals surface area (Å²) in [5.74, 6) is 1.75. The van der Waals surface area contributed by atoms with Crippen molar-refractivity contribution in [2.24, 2.45) is 11.8 Å². The maximum absolute atomic E-state index is 12.7. The molecule has 0 bridgehead atoms. The SMILES string of the molecule is Cc1cc(C)cc(C(=O)N2CC[C@@H]3CNC[C@@H]3CC2)c1.Cl. The number of nitrogens with zero attached hydrogens (tertiary/aromatic N) is 1. The van der Waals surface area contributed by atoms with E-state index in [9.17, 15) is 4.79 Å². The number of hydrogen-bond acceptors (Lipinski definition) is 2. The molecule has 3 nitrogen and oxygen atoms in total. The van der Waals surface area contributed by atoms with Crippen LogP contribution >= 0.6 is 12.4 Å². The van der Waals surface area contributed by atoms with Crippen molar-refractivity contribution in [2.75, 3.05) is 26.2 Å². The third-order valence-corrected chi connectivity index (χ3v) is 4.78. The summed E-state index contributed by atoms with van der Waals surface area (Å²) in [6.07, 6.45) is 2.29. The summed E-state index contributed by atoms with van der Waals surface area (Å²) >= 11 is 0. The largest absolute Gasteiger partial charge is 0.339 e. The van der Waals surface area contributed by atoms with E-state index in [1.165, 1.54) is 11.1 Å². The molecule has 0 aliphatic carbocycles. The molecule has 1 amide bonds. The van der Waals surface area contributed by atoms with Gasteiger partial charge in [-0.15, -0.1) is 12.4 Å². The second kappa shape index (κ2) is 6.80. The predicted octanol–water partition coefficient (Wildman–Crippen LogP) is 2.80. The van der Waals surface area contributed by atoms with Gasteiger partial charge in [-0.05, 0) is 63.7 Å². The van der Waals surface area contributed by atoms with Crippen LogP contribution in [0.5, 0.6) is 0 Å². The molecule has 3 rings (SSSR count). The van der Waals surface area contributed by atoms with Gasteiger partial charge in [0, 0.05) is 18.7 Å². The highest BCUT2D eigenvalue weighted by molar-refractivity contribution is 5.94. The first-order chi connectivity index (χ1) is 9.63. The molecule has 2 atom stereocenters. The first kappa shape index (κ1) is 16.3. The summed E-state index contributed by atoms with van der Waals surface area (Å²) in [6.45, 7) is 8.21. The molecule has 2 aliphatic heterocycles. The lowest BCUT2D eigenvalue weighted by Crippen LogP contribution is -2.32. The van der Waals surface area contributed by atoms with Crippen LogP contribution in [0.1, 0.15) is 34.3 Å². The molecular weight excluding hydrogens is 284 g/mol. The Hall–Kier alpha value is -1.06. The zero-order valence-corrected chi connectivity index (χ0v) is 13.7. The van der Waals surface area contributed by atoms with Crippen molar-refractivity contribution in [3.63, 3.8) is 0 Å². The zero-order valence-electron chi connectivity index (χ0n) is 12.9. The maximum atomic E-state index is 12.7. The van der Waals surface area contributed by atoms with Gasteiger partial charge in [0.2, 0.25) is 0 Å². The molecule has 21 heavy (non-hydrogen) atoms. The Labute approximate surface area is 133 Å². The Morgan fingerprint density at radius 2 is 1.57 bits per heavy atom. The van der Waals surface area contributed by atoms with Gasteiger partial charge < -0.3 is 10.2 Å². The fraction of sp³-hybridized carbons (Fsp3) is 0.588. The molecule has 0 radical (unpaired) electrons. The lowest BCUT2D eigenvalue weighted by atomic mass is 9.92. The van der Waals surface area contributed by atoms with E-state index in [0.717, 1.165) is 56.4 Å². The van der Waals surface area contributed by atoms with E-state index in [0.29, 0.717) is 0 Å². The number of amides is 1. The highest BCUT2D eigenvalue weighted by Gasteiger charge is 2.31. The van der Waals surface area contributed by atoms with Crippen molar-refractivity contribution in [2.45, 2.75) is 26.7 Å². The number of hydrogen-bond donors (Lipinski definition) is 1. The van der Waals surface area contributed by atoms with Crippen molar-refractivity contribution < 1.29 is 4.79 Å². The minimum atomic E-state index is 0. The number of likely N-dealkylation sites (tertiary alicyclic amines) is 1. The van der Waals surface area contributed by atoms with Crippen LogP contribution in [0.25, 0.3) is 0 Å². The van der Waals surface area contributed by atoms with Gasteiger partial charge >= 0.3 is 0 Å². The van der Waals surface area contributed by atoms with Crippen LogP contribution in [0, 0.1) is 25.7 Å². The highest BCUT2D eigenvalue weighted by atomic mass is 35.5. The quantitative estimate of drug-likeness (QED) is 0.865. The van der Waals surface area contributed by atoms with E-state index in [-0.39, 0.29) is 18.3 Å². The molecule has 0 aromatic heterocycles. The highest BCUT2D eigenvalue weighted by Crippen LogP contribution is 2.27. The summed E-state index contributed by atoms with van der Waals surface area (Å²) in [5, 5.41) is 3.48. The van der Waals surface area contributed by atoms with E-state index < -0.39 is 0 Å². The minimum Gasteiger partial charge on any atom is -0.339 e. The fourth-order valence-corrected chi connectivity index (χ4v) is 3.70. The van der Waals surface area contributed by atoms with Gasteiger partial charge in [-0.2, -0.15) is 0 Å². The van der Waals surface area contributed by atoms with Crippen LogP contribution in [0.15, 0.2) is 18.2 Å². The average molecular weight is 309 g/mol. The number of fused-ring (bicyclic) bond motifs is 1. The van der Waals surface area contributed by atoms with Crippen LogP contribution in [-0.4, -0.2) is 37.0 Å². The van der Waals surface area contributed by atoms with Gasteiger partial charge in [0.1, 0.15) is 0 Å². The predicted molar refractivity (Wildman–Crippen MR) is 88.2 cm³/mol. The molecule has 4 heteroatoms. The summed E-state index contributed by atoms with van der Waals surface area (Å²) in [6, 6.07) is 6.15. The normalized spacial score (nSPS) is 25.0. The van der Waals surface area contributed by atoms with Gasteiger partial charge in [0.05, 0.1) is 0 Å². The Morgan fingerprint density at radius 1 is 1.05 bits per heavy atom. The van der Waals surface area contributed by atoms with E-state index in [4.69, 9.17) is 0 Å². The second-order valence-corrected chi connectivity index (χ2v) is 6.42. The summed E-state index contributed by atoms with van der Waals surface area (Å²) in [5.41, 5.74) is 3.20. The van der Waals surface area contributed by atoms with Gasteiger partial charge in [0.25, 0.3) is 5.91 Å². The van der Waals surface area contributed by atoms with Crippen LogP contribution in [0.3, 0.4) is 0 Å². The van der Waals surface area contributed by atoms with Crippen molar-refractivity contribution >= 4 is 18.3 Å².